The zero-order chi connectivity index (χ0) is 18.2. The van der Waals surface area contributed by atoms with Crippen molar-refractivity contribution in [2.45, 2.75) is 26.2 Å². The molecule has 0 unspecified atom stereocenters. The predicted molar refractivity (Wildman–Crippen MR) is 103 cm³/mol. The van der Waals surface area contributed by atoms with Crippen LogP contribution in [-0.4, -0.2) is 32.3 Å². The van der Waals surface area contributed by atoms with Gasteiger partial charge in [-0.3, -0.25) is 4.79 Å². The smallest absolute Gasteiger partial charge is 0.257 e. The minimum Gasteiger partial charge on any atom is -0.484 e. The lowest BCUT2D eigenvalue weighted by Crippen LogP contribution is -2.30. The Morgan fingerprint density at radius 3 is 2.73 bits per heavy atom. The van der Waals surface area contributed by atoms with E-state index in [1.807, 2.05) is 42.5 Å². The summed E-state index contributed by atoms with van der Waals surface area (Å²) in [5.41, 5.74) is 1.66. The maximum Gasteiger partial charge on any atom is 0.257 e. The lowest BCUT2D eigenvalue weighted by Gasteiger charge is -2.08. The second-order valence-corrected chi connectivity index (χ2v) is 6.21. The second kappa shape index (κ2) is 9.25. The van der Waals surface area contributed by atoms with Crippen LogP contribution in [0.1, 0.15) is 26.2 Å². The third-order valence-electron chi connectivity index (χ3n) is 4.15. The van der Waals surface area contributed by atoms with E-state index in [4.69, 9.17) is 13.9 Å². The Hall–Kier alpha value is -2.53. The quantitative estimate of drug-likeness (QED) is 0.551. The lowest BCUT2D eigenvalue weighted by atomic mass is 10.1. The molecule has 1 N–H and O–H groups in total. The fourth-order valence-electron chi connectivity index (χ4n) is 2.75. The number of nitrogens with one attached hydrogen (secondary N) is 1. The number of para-hydroxylation sites is 1. The maximum atomic E-state index is 11.9. The molecule has 1 heterocycles. The van der Waals surface area contributed by atoms with Crippen molar-refractivity contribution in [1.82, 2.24) is 5.32 Å². The van der Waals surface area contributed by atoms with Crippen LogP contribution in [0, 0.1) is 0 Å². The normalized spacial score (nSPS) is 11.1. The van der Waals surface area contributed by atoms with E-state index in [0.717, 1.165) is 47.8 Å². The summed E-state index contributed by atoms with van der Waals surface area (Å²) in [5, 5.41) is 4.87. The van der Waals surface area contributed by atoms with Crippen LogP contribution >= 0.6 is 0 Å². The van der Waals surface area contributed by atoms with Gasteiger partial charge in [-0.1, -0.05) is 31.5 Å². The van der Waals surface area contributed by atoms with E-state index in [1.165, 1.54) is 0 Å². The SMILES string of the molecule is CCCCOCCCNC(=O)COc1ccc2oc3ccccc3c2c1. The van der Waals surface area contributed by atoms with Gasteiger partial charge in [-0.05, 0) is 37.1 Å². The molecule has 0 aliphatic heterocycles. The molecule has 0 fully saturated rings. The van der Waals surface area contributed by atoms with Gasteiger partial charge in [0.05, 0.1) is 0 Å². The molecule has 0 aliphatic rings. The molecule has 5 nitrogen and oxygen atoms in total. The molecule has 0 saturated heterocycles. The zero-order valence-electron chi connectivity index (χ0n) is 15.1. The molecule has 138 valence electrons. The van der Waals surface area contributed by atoms with Crippen LogP contribution < -0.4 is 10.1 Å². The molecule has 3 rings (SSSR count). The minimum atomic E-state index is -0.129. The molecule has 2 aromatic carbocycles. The van der Waals surface area contributed by atoms with E-state index in [-0.39, 0.29) is 12.5 Å². The Morgan fingerprint density at radius 2 is 1.85 bits per heavy atom. The van der Waals surface area contributed by atoms with Gasteiger partial charge in [0, 0.05) is 30.5 Å². The number of amides is 1. The molecule has 0 spiro atoms. The van der Waals surface area contributed by atoms with Crippen LogP contribution in [-0.2, 0) is 9.53 Å². The van der Waals surface area contributed by atoms with Crippen molar-refractivity contribution in [1.29, 1.82) is 0 Å². The molecular weight excluding hydrogens is 330 g/mol. The number of unbranched alkanes of at least 4 members (excludes halogenated alkanes) is 1. The van der Waals surface area contributed by atoms with Gasteiger partial charge in [-0.25, -0.2) is 0 Å². The topological polar surface area (TPSA) is 60.7 Å². The van der Waals surface area contributed by atoms with Crippen molar-refractivity contribution in [3.63, 3.8) is 0 Å². The highest BCUT2D eigenvalue weighted by Crippen LogP contribution is 2.31. The van der Waals surface area contributed by atoms with Crippen molar-refractivity contribution in [3.8, 4) is 5.75 Å². The number of furan rings is 1. The highest BCUT2D eigenvalue weighted by Gasteiger charge is 2.08. The number of carbonyl (C=O) groups excluding carboxylic acids is 1. The summed E-state index contributed by atoms with van der Waals surface area (Å²) < 4.78 is 16.9. The number of carbonyl (C=O) groups is 1. The van der Waals surface area contributed by atoms with Gasteiger partial charge >= 0.3 is 0 Å². The summed E-state index contributed by atoms with van der Waals surface area (Å²) in [4.78, 5) is 11.9. The number of benzene rings is 2. The Balaban J connectivity index is 1.45. The second-order valence-electron chi connectivity index (χ2n) is 6.21. The molecule has 0 aliphatic carbocycles. The Morgan fingerprint density at radius 1 is 1.04 bits per heavy atom. The number of fused-ring (bicyclic) bond motifs is 3. The van der Waals surface area contributed by atoms with Gasteiger partial charge in [-0.2, -0.15) is 0 Å². The van der Waals surface area contributed by atoms with Gasteiger partial charge in [0.2, 0.25) is 0 Å². The van der Waals surface area contributed by atoms with E-state index in [2.05, 4.69) is 12.2 Å². The molecule has 3 aromatic rings. The number of hydrogen-bond donors (Lipinski definition) is 1. The van der Waals surface area contributed by atoms with Gasteiger partial charge in [0.25, 0.3) is 5.91 Å². The summed E-state index contributed by atoms with van der Waals surface area (Å²) in [5.74, 6) is 0.526. The monoisotopic (exact) mass is 355 g/mol. The molecule has 0 radical (unpaired) electrons. The van der Waals surface area contributed by atoms with Crippen LogP contribution in [0.5, 0.6) is 5.75 Å². The standard InChI is InChI=1S/C21H25NO4/c1-2-3-12-24-13-6-11-22-21(23)15-25-16-9-10-20-18(14-16)17-7-4-5-8-19(17)26-20/h4-5,7-10,14H,2-3,6,11-13,15H2,1H3,(H,22,23). The number of hydrogen-bond acceptors (Lipinski definition) is 4. The highest BCUT2D eigenvalue weighted by molar-refractivity contribution is 6.05. The first kappa shape index (κ1) is 18.3. The lowest BCUT2D eigenvalue weighted by molar-refractivity contribution is -0.123. The van der Waals surface area contributed by atoms with Gasteiger partial charge in [0.15, 0.2) is 6.61 Å². The molecule has 5 heteroatoms. The molecule has 0 saturated carbocycles. The molecular formula is C21H25NO4. The zero-order valence-corrected chi connectivity index (χ0v) is 15.1. The first-order valence-corrected chi connectivity index (χ1v) is 9.16. The van der Waals surface area contributed by atoms with E-state index in [0.29, 0.717) is 18.9 Å². The van der Waals surface area contributed by atoms with Crippen molar-refractivity contribution in [2.24, 2.45) is 0 Å². The minimum absolute atomic E-state index is 0.00200. The van der Waals surface area contributed by atoms with Crippen molar-refractivity contribution in [2.75, 3.05) is 26.4 Å². The molecule has 0 bridgehead atoms. The average molecular weight is 355 g/mol. The number of rotatable bonds is 10. The predicted octanol–water partition coefficient (Wildman–Crippen LogP) is 4.29. The Kier molecular flexibility index (Phi) is 6.50. The molecule has 1 amide bonds. The van der Waals surface area contributed by atoms with Crippen LogP contribution in [0.25, 0.3) is 21.9 Å². The van der Waals surface area contributed by atoms with Crippen LogP contribution in [0.2, 0.25) is 0 Å². The third kappa shape index (κ3) is 4.76. The fourth-order valence-corrected chi connectivity index (χ4v) is 2.75. The van der Waals surface area contributed by atoms with Gasteiger partial charge in [0.1, 0.15) is 16.9 Å². The van der Waals surface area contributed by atoms with Crippen LogP contribution in [0.4, 0.5) is 0 Å². The summed E-state index contributed by atoms with van der Waals surface area (Å²) in [6.07, 6.45) is 3.02. The first-order valence-electron chi connectivity index (χ1n) is 9.16. The van der Waals surface area contributed by atoms with Crippen molar-refractivity contribution >= 4 is 27.8 Å². The molecule has 26 heavy (non-hydrogen) atoms. The largest absolute Gasteiger partial charge is 0.484 e. The maximum absolute atomic E-state index is 11.9. The van der Waals surface area contributed by atoms with E-state index in [1.54, 1.807) is 0 Å². The van der Waals surface area contributed by atoms with E-state index < -0.39 is 0 Å². The van der Waals surface area contributed by atoms with Crippen molar-refractivity contribution < 1.29 is 18.7 Å². The van der Waals surface area contributed by atoms with Crippen LogP contribution in [0.15, 0.2) is 46.9 Å². The fraction of sp³-hybridized carbons (Fsp3) is 0.381. The third-order valence-corrected chi connectivity index (χ3v) is 4.15. The average Bonchev–Trinajstić information content (AvgIpc) is 3.03. The summed E-state index contributed by atoms with van der Waals surface area (Å²) in [7, 11) is 0. The first-order chi connectivity index (χ1) is 12.8. The van der Waals surface area contributed by atoms with Gasteiger partial charge in [-0.15, -0.1) is 0 Å². The van der Waals surface area contributed by atoms with Gasteiger partial charge < -0.3 is 19.2 Å². The van der Waals surface area contributed by atoms with E-state index >= 15 is 0 Å². The van der Waals surface area contributed by atoms with Crippen LogP contribution in [0.3, 0.4) is 0 Å². The molecule has 1 aromatic heterocycles. The summed E-state index contributed by atoms with van der Waals surface area (Å²) in [6.45, 7) is 4.19. The van der Waals surface area contributed by atoms with Crippen molar-refractivity contribution in [3.05, 3.63) is 42.5 Å². The Labute approximate surface area is 153 Å². The summed E-state index contributed by atoms with van der Waals surface area (Å²) >= 11 is 0. The number of ether oxygens (including phenoxy) is 2. The molecule has 0 atom stereocenters. The summed E-state index contributed by atoms with van der Waals surface area (Å²) in [6, 6.07) is 13.5. The highest BCUT2D eigenvalue weighted by atomic mass is 16.5. The Bertz CT molecular complexity index is 855. The van der Waals surface area contributed by atoms with E-state index in [9.17, 15) is 4.79 Å².